The van der Waals surface area contributed by atoms with Crippen LogP contribution >= 0.6 is 11.5 Å². The summed E-state index contributed by atoms with van der Waals surface area (Å²) in [4.78, 5) is 11.0. The molecule has 72 valence electrons. The Morgan fingerprint density at radius 1 is 1.62 bits per heavy atom. The van der Waals surface area contributed by atoms with Crippen LogP contribution in [0.4, 0.5) is 0 Å². The number of carbonyl (C=O) groups is 1. The molecule has 0 aliphatic heterocycles. The second-order valence-electron chi connectivity index (χ2n) is 2.30. The van der Waals surface area contributed by atoms with Gasteiger partial charge in [-0.3, -0.25) is 0 Å². The molecule has 0 fully saturated rings. The van der Waals surface area contributed by atoms with Crippen molar-refractivity contribution >= 4 is 27.3 Å². The molecular weight excluding hydrogens is 214 g/mol. The summed E-state index contributed by atoms with van der Waals surface area (Å²) in [7, 11) is -2.26. The molecule has 1 heterocycles. The van der Waals surface area contributed by atoms with Gasteiger partial charge in [-0.15, -0.1) is 0 Å². The van der Waals surface area contributed by atoms with Crippen molar-refractivity contribution in [3.63, 3.8) is 0 Å². The Labute approximate surface area is 79.4 Å². The van der Waals surface area contributed by atoms with Gasteiger partial charge in [-0.25, -0.2) is 13.2 Å². The number of esters is 1. The maximum Gasteiger partial charge on any atom is 0.341 e. The van der Waals surface area contributed by atoms with Gasteiger partial charge in [0.05, 0.1) is 7.11 Å². The lowest BCUT2D eigenvalue weighted by Crippen LogP contribution is -2.07. The molecule has 0 aromatic carbocycles. The van der Waals surface area contributed by atoms with Crippen molar-refractivity contribution in [2.75, 3.05) is 13.4 Å². The fourth-order valence-corrected chi connectivity index (χ4v) is 2.59. The van der Waals surface area contributed by atoms with Gasteiger partial charge in [0.15, 0.2) is 14.9 Å². The lowest BCUT2D eigenvalue weighted by molar-refractivity contribution is 0.0596. The number of aromatic nitrogens is 1. The molecule has 0 aliphatic carbocycles. The first-order chi connectivity index (χ1) is 5.96. The number of sulfone groups is 1. The van der Waals surface area contributed by atoms with Gasteiger partial charge in [0, 0.05) is 11.6 Å². The lowest BCUT2D eigenvalue weighted by atomic mass is 10.4. The zero-order chi connectivity index (χ0) is 10.1. The van der Waals surface area contributed by atoms with Gasteiger partial charge in [-0.2, -0.15) is 4.37 Å². The molecule has 0 N–H and O–H groups in total. The van der Waals surface area contributed by atoms with E-state index < -0.39 is 15.8 Å². The predicted octanol–water partition coefficient (Wildman–Crippen LogP) is 0.333. The van der Waals surface area contributed by atoms with Gasteiger partial charge in [-0.1, -0.05) is 0 Å². The van der Waals surface area contributed by atoms with Crippen LogP contribution in [0.25, 0.3) is 0 Å². The summed E-state index contributed by atoms with van der Waals surface area (Å²) in [6.45, 7) is 0. The van der Waals surface area contributed by atoms with E-state index >= 15 is 0 Å². The molecule has 0 aliphatic rings. The number of hydrogen-bond donors (Lipinski definition) is 0. The van der Waals surface area contributed by atoms with Gasteiger partial charge >= 0.3 is 5.97 Å². The minimum atomic E-state index is -3.45. The molecule has 0 saturated carbocycles. The molecule has 0 radical (unpaired) electrons. The normalized spacial score (nSPS) is 11.2. The molecular formula is C6H7NO4S2. The van der Waals surface area contributed by atoms with Crippen LogP contribution in [0.3, 0.4) is 0 Å². The summed E-state index contributed by atoms with van der Waals surface area (Å²) < 4.78 is 30.1. The fraction of sp³-hybridized carbons (Fsp3) is 0.333. The first kappa shape index (κ1) is 10.1. The maximum atomic E-state index is 11.1. The molecule has 7 heteroatoms. The topological polar surface area (TPSA) is 73.3 Å². The van der Waals surface area contributed by atoms with E-state index in [9.17, 15) is 13.2 Å². The van der Waals surface area contributed by atoms with E-state index in [1.807, 2.05) is 0 Å². The third-order valence-electron chi connectivity index (χ3n) is 1.29. The van der Waals surface area contributed by atoms with Crippen LogP contribution in [0.2, 0.25) is 0 Å². The van der Waals surface area contributed by atoms with E-state index in [1.165, 1.54) is 12.5 Å². The highest BCUT2D eigenvalue weighted by Crippen LogP contribution is 2.16. The van der Waals surface area contributed by atoms with Crippen molar-refractivity contribution in [2.45, 2.75) is 5.03 Å². The van der Waals surface area contributed by atoms with Crippen LogP contribution in [-0.4, -0.2) is 32.1 Å². The summed E-state index contributed by atoms with van der Waals surface area (Å²) in [6, 6.07) is 0. The van der Waals surface area contributed by atoms with Gasteiger partial charge in [0.25, 0.3) is 0 Å². The molecule has 0 spiro atoms. The minimum Gasteiger partial charge on any atom is -0.465 e. The summed E-state index contributed by atoms with van der Waals surface area (Å²) in [6.07, 6.45) is 0.995. The van der Waals surface area contributed by atoms with E-state index in [4.69, 9.17) is 0 Å². The Balaban J connectivity index is 3.26. The zero-order valence-electron chi connectivity index (χ0n) is 6.97. The van der Waals surface area contributed by atoms with Crippen molar-refractivity contribution in [3.05, 3.63) is 10.9 Å². The van der Waals surface area contributed by atoms with Crippen LogP contribution in [0.5, 0.6) is 0 Å². The Hall–Kier alpha value is -0.950. The lowest BCUT2D eigenvalue weighted by Gasteiger charge is -1.97. The standard InChI is InChI=1S/C6H7NO4S2/c1-11-6(8)4-3-12-7-5(4)13(2,9)10/h3H,1-2H3. The van der Waals surface area contributed by atoms with Crippen LogP contribution in [0, 0.1) is 0 Å². The second kappa shape index (κ2) is 3.43. The summed E-state index contributed by atoms with van der Waals surface area (Å²) in [5.41, 5.74) is -0.00463. The van der Waals surface area contributed by atoms with Crippen molar-refractivity contribution in [2.24, 2.45) is 0 Å². The van der Waals surface area contributed by atoms with Gasteiger partial charge in [0.1, 0.15) is 5.56 Å². The summed E-state index contributed by atoms with van der Waals surface area (Å²) >= 11 is 0.907. The number of hydrogen-bond acceptors (Lipinski definition) is 6. The number of methoxy groups -OCH3 is 1. The number of ether oxygens (including phenoxy) is 1. The first-order valence-corrected chi connectivity index (χ1v) is 5.92. The zero-order valence-corrected chi connectivity index (χ0v) is 8.61. The molecule has 0 unspecified atom stereocenters. The number of nitrogens with zero attached hydrogens (tertiary/aromatic N) is 1. The molecule has 13 heavy (non-hydrogen) atoms. The smallest absolute Gasteiger partial charge is 0.341 e. The molecule has 0 atom stereocenters. The van der Waals surface area contributed by atoms with E-state index in [0.29, 0.717) is 0 Å². The minimum absolute atomic E-state index is 0.00463. The largest absolute Gasteiger partial charge is 0.465 e. The maximum absolute atomic E-state index is 11.1. The Morgan fingerprint density at radius 3 is 2.69 bits per heavy atom. The molecule has 0 saturated heterocycles. The van der Waals surface area contributed by atoms with E-state index in [2.05, 4.69) is 9.11 Å². The Bertz CT molecular complexity index is 420. The van der Waals surface area contributed by atoms with Crippen molar-refractivity contribution in [1.29, 1.82) is 0 Å². The molecule has 1 aromatic heterocycles. The fourth-order valence-electron chi connectivity index (χ4n) is 0.739. The van der Waals surface area contributed by atoms with Crippen LogP contribution in [0.1, 0.15) is 10.4 Å². The first-order valence-electron chi connectivity index (χ1n) is 3.19. The molecule has 1 rings (SSSR count). The number of carbonyl (C=O) groups excluding carboxylic acids is 1. The third-order valence-corrected chi connectivity index (χ3v) is 3.05. The van der Waals surface area contributed by atoms with E-state index in [-0.39, 0.29) is 10.6 Å². The molecule has 1 aromatic rings. The molecule has 0 bridgehead atoms. The summed E-state index contributed by atoms with van der Waals surface area (Å²) in [5, 5.41) is 1.13. The number of rotatable bonds is 2. The van der Waals surface area contributed by atoms with Gasteiger partial charge in [0.2, 0.25) is 0 Å². The summed E-state index contributed by atoms with van der Waals surface area (Å²) in [5.74, 6) is -0.686. The van der Waals surface area contributed by atoms with Crippen LogP contribution in [-0.2, 0) is 14.6 Å². The highest BCUT2D eigenvalue weighted by atomic mass is 32.2. The predicted molar refractivity (Wildman–Crippen MR) is 46.6 cm³/mol. The Morgan fingerprint density at radius 2 is 2.23 bits per heavy atom. The highest BCUT2D eigenvalue weighted by Gasteiger charge is 2.22. The monoisotopic (exact) mass is 221 g/mol. The third kappa shape index (κ3) is 2.04. The van der Waals surface area contributed by atoms with Gasteiger partial charge < -0.3 is 4.74 Å². The van der Waals surface area contributed by atoms with E-state index in [1.54, 1.807) is 0 Å². The van der Waals surface area contributed by atoms with Crippen LogP contribution in [0.15, 0.2) is 10.4 Å². The average Bonchev–Trinajstić information content (AvgIpc) is 2.49. The van der Waals surface area contributed by atoms with E-state index in [0.717, 1.165) is 17.8 Å². The molecule has 5 nitrogen and oxygen atoms in total. The van der Waals surface area contributed by atoms with Crippen molar-refractivity contribution in [3.8, 4) is 0 Å². The van der Waals surface area contributed by atoms with Gasteiger partial charge in [-0.05, 0) is 11.5 Å². The van der Waals surface area contributed by atoms with Crippen molar-refractivity contribution < 1.29 is 17.9 Å². The quantitative estimate of drug-likeness (QED) is 0.673. The van der Waals surface area contributed by atoms with Crippen molar-refractivity contribution in [1.82, 2.24) is 4.37 Å². The Kier molecular flexibility index (Phi) is 2.67. The second-order valence-corrected chi connectivity index (χ2v) is 4.86. The SMILES string of the molecule is COC(=O)c1csnc1S(C)(=O)=O. The average molecular weight is 221 g/mol. The van der Waals surface area contributed by atoms with Crippen LogP contribution < -0.4 is 0 Å². The molecule has 0 amide bonds. The highest BCUT2D eigenvalue weighted by molar-refractivity contribution is 7.90.